The standard InChI is InChI=1S/C35H28N6/c1-22-8-6-12-25(14-22)31-20-34(40-37-31)28-16-27(33-19-30(36-39-33)24-10-4-3-5-11-24)17-29(18-28)35-21-32(38-41-35)26-13-7-9-23(2)15-26/h3-21H,1-2H3,(H,36,39)(H,37,40)(H,38,41). The molecule has 0 bridgehead atoms. The zero-order valence-corrected chi connectivity index (χ0v) is 22.8. The van der Waals surface area contributed by atoms with Crippen LogP contribution in [-0.4, -0.2) is 30.6 Å². The minimum atomic E-state index is 0.902. The molecule has 198 valence electrons. The second-order valence-corrected chi connectivity index (χ2v) is 10.4. The van der Waals surface area contributed by atoms with Crippen LogP contribution >= 0.6 is 0 Å². The Kier molecular flexibility index (Phi) is 6.13. The van der Waals surface area contributed by atoms with Crippen LogP contribution in [0.25, 0.3) is 67.5 Å². The molecule has 0 amide bonds. The molecule has 0 fully saturated rings. The highest BCUT2D eigenvalue weighted by molar-refractivity contribution is 5.81. The van der Waals surface area contributed by atoms with E-state index in [1.54, 1.807) is 0 Å². The zero-order chi connectivity index (χ0) is 27.8. The highest BCUT2D eigenvalue weighted by atomic mass is 15.1. The van der Waals surface area contributed by atoms with Gasteiger partial charge in [-0.05, 0) is 62.4 Å². The van der Waals surface area contributed by atoms with Gasteiger partial charge < -0.3 is 0 Å². The van der Waals surface area contributed by atoms with E-state index in [9.17, 15) is 0 Å². The molecule has 6 nitrogen and oxygen atoms in total. The summed E-state index contributed by atoms with van der Waals surface area (Å²) in [6.07, 6.45) is 0. The van der Waals surface area contributed by atoms with E-state index in [-0.39, 0.29) is 0 Å². The lowest BCUT2D eigenvalue weighted by molar-refractivity contribution is 1.09. The van der Waals surface area contributed by atoms with Crippen molar-refractivity contribution in [1.82, 2.24) is 30.6 Å². The Labute approximate surface area is 238 Å². The van der Waals surface area contributed by atoms with Crippen molar-refractivity contribution < 1.29 is 0 Å². The summed E-state index contributed by atoms with van der Waals surface area (Å²) >= 11 is 0. The maximum absolute atomic E-state index is 4.64. The molecule has 0 spiro atoms. The fourth-order valence-electron chi connectivity index (χ4n) is 5.16. The number of aromatic amines is 3. The number of H-pyrrole nitrogens is 3. The molecule has 7 rings (SSSR count). The first-order valence-corrected chi connectivity index (χ1v) is 13.6. The molecule has 0 unspecified atom stereocenters. The molecule has 0 aliphatic rings. The molecule has 6 heteroatoms. The van der Waals surface area contributed by atoms with Crippen molar-refractivity contribution in [1.29, 1.82) is 0 Å². The predicted molar refractivity (Wildman–Crippen MR) is 165 cm³/mol. The molecule has 3 aromatic heterocycles. The summed E-state index contributed by atoms with van der Waals surface area (Å²) < 4.78 is 0. The summed E-state index contributed by atoms with van der Waals surface area (Å²) in [6.45, 7) is 4.19. The van der Waals surface area contributed by atoms with Crippen molar-refractivity contribution in [2.75, 3.05) is 0 Å². The van der Waals surface area contributed by atoms with Gasteiger partial charge >= 0.3 is 0 Å². The lowest BCUT2D eigenvalue weighted by Crippen LogP contribution is -1.87. The van der Waals surface area contributed by atoms with Crippen molar-refractivity contribution in [3.8, 4) is 67.5 Å². The van der Waals surface area contributed by atoms with Crippen LogP contribution in [-0.2, 0) is 0 Å². The third-order valence-electron chi connectivity index (χ3n) is 7.30. The van der Waals surface area contributed by atoms with Gasteiger partial charge in [0.2, 0.25) is 0 Å². The van der Waals surface area contributed by atoms with E-state index in [0.29, 0.717) is 0 Å². The van der Waals surface area contributed by atoms with Gasteiger partial charge in [-0.1, -0.05) is 77.9 Å². The van der Waals surface area contributed by atoms with Gasteiger partial charge in [-0.25, -0.2) is 0 Å². The zero-order valence-electron chi connectivity index (χ0n) is 22.8. The Morgan fingerprint density at radius 1 is 0.366 bits per heavy atom. The van der Waals surface area contributed by atoms with Gasteiger partial charge in [-0.15, -0.1) is 0 Å². The van der Waals surface area contributed by atoms with Crippen molar-refractivity contribution >= 4 is 0 Å². The minimum Gasteiger partial charge on any atom is -0.277 e. The Bertz CT molecular complexity index is 1870. The first kappa shape index (κ1) is 24.5. The number of aromatic nitrogens is 6. The summed E-state index contributed by atoms with van der Waals surface area (Å²) in [6, 6.07) is 39.8. The third kappa shape index (κ3) is 4.99. The van der Waals surface area contributed by atoms with Crippen LogP contribution in [0.2, 0.25) is 0 Å². The molecule has 0 radical (unpaired) electrons. The SMILES string of the molecule is Cc1cccc(-c2cc(-c3cc(-c4cc(-c5ccccc5)n[nH]4)cc(-c4cc(-c5cccc(C)c5)n[nH]4)c3)[nH]n2)c1. The van der Waals surface area contributed by atoms with Crippen molar-refractivity contribution in [3.05, 3.63) is 126 Å². The highest BCUT2D eigenvalue weighted by Crippen LogP contribution is 2.34. The van der Waals surface area contributed by atoms with E-state index in [1.165, 1.54) is 11.1 Å². The topological polar surface area (TPSA) is 86.0 Å². The summed E-state index contributed by atoms with van der Waals surface area (Å²) in [5.41, 5.74) is 14.2. The molecule has 7 aromatic rings. The fraction of sp³-hybridized carbons (Fsp3) is 0.0571. The van der Waals surface area contributed by atoms with Crippen LogP contribution in [0.3, 0.4) is 0 Å². The average molecular weight is 533 g/mol. The van der Waals surface area contributed by atoms with Gasteiger partial charge in [-0.2, -0.15) is 15.3 Å². The Morgan fingerprint density at radius 3 is 1.17 bits per heavy atom. The predicted octanol–water partition coefficient (Wildman–Crippen LogP) is 8.47. The second kappa shape index (κ2) is 10.2. The number of nitrogens with one attached hydrogen (secondary N) is 3. The van der Waals surface area contributed by atoms with E-state index in [0.717, 1.165) is 67.5 Å². The van der Waals surface area contributed by atoms with Gasteiger partial charge in [-0.3, -0.25) is 15.3 Å². The molecule has 4 aromatic carbocycles. The summed E-state index contributed by atoms with van der Waals surface area (Å²) in [5, 5.41) is 23.7. The number of rotatable bonds is 6. The first-order chi connectivity index (χ1) is 20.1. The van der Waals surface area contributed by atoms with Gasteiger partial charge in [0, 0.05) is 33.4 Å². The van der Waals surface area contributed by atoms with E-state index in [2.05, 4.69) is 142 Å². The van der Waals surface area contributed by atoms with E-state index >= 15 is 0 Å². The molecule has 0 aliphatic heterocycles. The van der Waals surface area contributed by atoms with E-state index in [4.69, 9.17) is 0 Å². The van der Waals surface area contributed by atoms with Gasteiger partial charge in [0.05, 0.1) is 34.2 Å². The van der Waals surface area contributed by atoms with Gasteiger partial charge in [0.15, 0.2) is 0 Å². The molecule has 0 aliphatic carbocycles. The number of nitrogens with zero attached hydrogens (tertiary/aromatic N) is 3. The third-order valence-corrected chi connectivity index (χ3v) is 7.30. The molecule has 3 N–H and O–H groups in total. The van der Waals surface area contributed by atoms with Crippen LogP contribution < -0.4 is 0 Å². The molecule has 0 atom stereocenters. The largest absolute Gasteiger partial charge is 0.277 e. The van der Waals surface area contributed by atoms with Crippen LogP contribution in [0, 0.1) is 13.8 Å². The quantitative estimate of drug-likeness (QED) is 0.201. The minimum absolute atomic E-state index is 0.902. The lowest BCUT2D eigenvalue weighted by atomic mass is 9.98. The van der Waals surface area contributed by atoms with Crippen molar-refractivity contribution in [3.63, 3.8) is 0 Å². The second-order valence-electron chi connectivity index (χ2n) is 10.4. The van der Waals surface area contributed by atoms with Crippen LogP contribution in [0.5, 0.6) is 0 Å². The number of benzene rings is 4. The smallest absolute Gasteiger partial charge is 0.0927 e. The Balaban J connectivity index is 1.32. The van der Waals surface area contributed by atoms with Crippen LogP contribution in [0.1, 0.15) is 11.1 Å². The normalized spacial score (nSPS) is 11.2. The Hall–Kier alpha value is -5.49. The van der Waals surface area contributed by atoms with Gasteiger partial charge in [0.25, 0.3) is 0 Å². The maximum atomic E-state index is 4.64. The van der Waals surface area contributed by atoms with Crippen LogP contribution in [0.15, 0.2) is 115 Å². The molecule has 0 saturated carbocycles. The summed E-state index contributed by atoms with van der Waals surface area (Å²) in [7, 11) is 0. The molecule has 41 heavy (non-hydrogen) atoms. The van der Waals surface area contributed by atoms with Crippen LogP contribution in [0.4, 0.5) is 0 Å². The maximum Gasteiger partial charge on any atom is 0.0927 e. The van der Waals surface area contributed by atoms with E-state index < -0.39 is 0 Å². The lowest BCUT2D eigenvalue weighted by Gasteiger charge is -2.07. The Morgan fingerprint density at radius 2 is 0.756 bits per heavy atom. The van der Waals surface area contributed by atoms with Crippen molar-refractivity contribution in [2.24, 2.45) is 0 Å². The summed E-state index contributed by atoms with van der Waals surface area (Å²) in [5.74, 6) is 0. The average Bonchev–Trinajstić information content (AvgIpc) is 3.79. The van der Waals surface area contributed by atoms with E-state index in [1.807, 2.05) is 18.2 Å². The van der Waals surface area contributed by atoms with Crippen molar-refractivity contribution in [2.45, 2.75) is 13.8 Å². The summed E-state index contributed by atoms with van der Waals surface area (Å²) in [4.78, 5) is 0. The molecule has 0 saturated heterocycles. The number of hydrogen-bond donors (Lipinski definition) is 3. The van der Waals surface area contributed by atoms with Gasteiger partial charge in [0.1, 0.15) is 0 Å². The number of aryl methyl sites for hydroxylation is 2. The molecular weight excluding hydrogens is 504 g/mol. The molecular formula is C35H28N6. The fourth-order valence-corrected chi connectivity index (χ4v) is 5.16. The number of hydrogen-bond acceptors (Lipinski definition) is 3. The monoisotopic (exact) mass is 532 g/mol. The highest BCUT2D eigenvalue weighted by Gasteiger charge is 2.14. The molecule has 3 heterocycles. The first-order valence-electron chi connectivity index (χ1n) is 13.6.